The van der Waals surface area contributed by atoms with Crippen molar-refractivity contribution in [2.75, 3.05) is 25.4 Å². The van der Waals surface area contributed by atoms with Gasteiger partial charge in [0, 0.05) is 43.9 Å². The number of aryl methyl sites for hydroxylation is 1. The molecule has 2 saturated heterocycles. The third kappa shape index (κ3) is 4.11. The van der Waals surface area contributed by atoms with E-state index >= 15 is 0 Å². The number of aromatic nitrogens is 2. The standard InChI is InChI=1S/C18H28N4O3S2/c23-18-12-15-14-26-11-7-17(15)19-21(18)13-16-6-5-10-22(16)27(24,25)20-8-3-1-2-4-9-20/h12,16H,1-11,13-14H2. The van der Waals surface area contributed by atoms with Crippen LogP contribution in [0.15, 0.2) is 10.9 Å². The van der Waals surface area contributed by atoms with Gasteiger partial charge in [-0.25, -0.2) is 4.68 Å². The largest absolute Gasteiger partial charge is 0.282 e. The van der Waals surface area contributed by atoms with E-state index in [-0.39, 0.29) is 11.6 Å². The highest BCUT2D eigenvalue weighted by atomic mass is 32.2. The van der Waals surface area contributed by atoms with Crippen molar-refractivity contribution in [1.29, 1.82) is 0 Å². The zero-order chi connectivity index (χ0) is 18.9. The normalized spacial score (nSPS) is 25.3. The summed E-state index contributed by atoms with van der Waals surface area (Å²) < 4.78 is 31.2. The molecule has 150 valence electrons. The van der Waals surface area contributed by atoms with Gasteiger partial charge in [-0.05, 0) is 37.0 Å². The fourth-order valence-electron chi connectivity index (χ4n) is 4.30. The van der Waals surface area contributed by atoms with Gasteiger partial charge in [-0.3, -0.25) is 4.79 Å². The maximum Gasteiger partial charge on any atom is 0.282 e. The lowest BCUT2D eigenvalue weighted by Gasteiger charge is -2.30. The van der Waals surface area contributed by atoms with Crippen LogP contribution in [0, 0.1) is 0 Å². The lowest BCUT2D eigenvalue weighted by atomic mass is 10.2. The van der Waals surface area contributed by atoms with Crippen molar-refractivity contribution in [1.82, 2.24) is 18.4 Å². The lowest BCUT2D eigenvalue weighted by molar-refractivity contribution is 0.298. The average molecular weight is 413 g/mol. The zero-order valence-electron chi connectivity index (χ0n) is 15.7. The van der Waals surface area contributed by atoms with Gasteiger partial charge < -0.3 is 0 Å². The van der Waals surface area contributed by atoms with Crippen LogP contribution < -0.4 is 5.56 Å². The van der Waals surface area contributed by atoms with E-state index in [4.69, 9.17) is 0 Å². The summed E-state index contributed by atoms with van der Waals surface area (Å²) in [4.78, 5) is 12.5. The second-order valence-corrected chi connectivity index (χ2v) is 10.7. The first-order valence-corrected chi connectivity index (χ1v) is 12.6. The predicted molar refractivity (Wildman–Crippen MR) is 107 cm³/mol. The SMILES string of the molecule is O=c1cc2c(nn1CC1CCCN1S(=O)(=O)N1CCCCCC1)CCSC2. The number of hydrogen-bond donors (Lipinski definition) is 0. The van der Waals surface area contributed by atoms with Crippen LogP contribution in [0.25, 0.3) is 0 Å². The summed E-state index contributed by atoms with van der Waals surface area (Å²) in [5.74, 6) is 1.87. The fraction of sp³-hybridized carbons (Fsp3) is 0.778. The molecule has 7 nitrogen and oxygen atoms in total. The van der Waals surface area contributed by atoms with Crippen molar-refractivity contribution in [3.8, 4) is 0 Å². The minimum absolute atomic E-state index is 0.115. The van der Waals surface area contributed by atoms with E-state index in [1.165, 1.54) is 4.68 Å². The maximum atomic E-state index is 13.2. The van der Waals surface area contributed by atoms with Gasteiger partial charge in [-0.15, -0.1) is 0 Å². The molecule has 0 radical (unpaired) electrons. The smallest absolute Gasteiger partial charge is 0.268 e. The molecule has 0 spiro atoms. The highest BCUT2D eigenvalue weighted by Crippen LogP contribution is 2.26. The van der Waals surface area contributed by atoms with Crippen molar-refractivity contribution < 1.29 is 8.42 Å². The van der Waals surface area contributed by atoms with Crippen LogP contribution in [0.2, 0.25) is 0 Å². The molecule has 1 unspecified atom stereocenters. The Morgan fingerprint density at radius 2 is 1.89 bits per heavy atom. The second-order valence-electron chi connectivity index (χ2n) is 7.67. The Morgan fingerprint density at radius 1 is 1.11 bits per heavy atom. The molecule has 0 N–H and O–H groups in total. The van der Waals surface area contributed by atoms with Gasteiger partial charge >= 0.3 is 0 Å². The van der Waals surface area contributed by atoms with Crippen LogP contribution >= 0.6 is 11.8 Å². The number of rotatable bonds is 4. The van der Waals surface area contributed by atoms with Crippen LogP contribution in [0.4, 0.5) is 0 Å². The Morgan fingerprint density at radius 3 is 2.67 bits per heavy atom. The molecule has 0 amide bonds. The summed E-state index contributed by atoms with van der Waals surface area (Å²) >= 11 is 1.83. The quantitative estimate of drug-likeness (QED) is 0.751. The molecule has 0 aliphatic carbocycles. The van der Waals surface area contributed by atoms with Crippen molar-refractivity contribution in [3.05, 3.63) is 27.7 Å². The lowest BCUT2D eigenvalue weighted by Crippen LogP contribution is -2.48. The molecule has 0 aromatic carbocycles. The molecule has 4 heterocycles. The van der Waals surface area contributed by atoms with Crippen molar-refractivity contribution in [3.63, 3.8) is 0 Å². The van der Waals surface area contributed by atoms with Crippen molar-refractivity contribution in [2.24, 2.45) is 0 Å². The van der Waals surface area contributed by atoms with Gasteiger partial charge in [0.25, 0.3) is 15.8 Å². The molecule has 1 aromatic rings. The van der Waals surface area contributed by atoms with E-state index in [1.54, 1.807) is 14.7 Å². The van der Waals surface area contributed by atoms with Crippen LogP contribution in [-0.4, -0.2) is 58.2 Å². The highest BCUT2D eigenvalue weighted by Gasteiger charge is 2.38. The molecule has 1 aromatic heterocycles. The zero-order valence-corrected chi connectivity index (χ0v) is 17.3. The van der Waals surface area contributed by atoms with Gasteiger partial charge in [-0.1, -0.05) is 12.8 Å². The molecule has 4 rings (SSSR count). The molecule has 0 saturated carbocycles. The van der Waals surface area contributed by atoms with E-state index in [0.29, 0.717) is 26.2 Å². The Labute approximate surface area is 165 Å². The minimum Gasteiger partial charge on any atom is -0.268 e. The topological polar surface area (TPSA) is 75.5 Å². The molecule has 3 aliphatic rings. The van der Waals surface area contributed by atoms with E-state index in [9.17, 15) is 13.2 Å². The van der Waals surface area contributed by atoms with Gasteiger partial charge in [0.2, 0.25) is 0 Å². The summed E-state index contributed by atoms with van der Waals surface area (Å²) in [6.45, 7) is 2.12. The Bertz CT molecular complexity index is 831. The molecule has 1 atom stereocenters. The van der Waals surface area contributed by atoms with Crippen LogP contribution in [0.5, 0.6) is 0 Å². The maximum absolute atomic E-state index is 13.2. The summed E-state index contributed by atoms with van der Waals surface area (Å²) in [6.07, 6.45) is 6.57. The fourth-order valence-corrected chi connectivity index (χ4v) is 7.18. The first-order valence-electron chi connectivity index (χ1n) is 10.0. The number of fused-ring (bicyclic) bond motifs is 1. The van der Waals surface area contributed by atoms with Crippen LogP contribution in [0.3, 0.4) is 0 Å². The van der Waals surface area contributed by atoms with E-state index < -0.39 is 10.2 Å². The molecule has 2 fully saturated rings. The molecular formula is C18H28N4O3S2. The van der Waals surface area contributed by atoms with Crippen molar-refractivity contribution >= 4 is 22.0 Å². The third-order valence-electron chi connectivity index (χ3n) is 5.80. The second kappa shape index (κ2) is 8.23. The Kier molecular flexibility index (Phi) is 5.92. The number of nitrogens with zero attached hydrogens (tertiary/aromatic N) is 4. The predicted octanol–water partition coefficient (Wildman–Crippen LogP) is 1.62. The van der Waals surface area contributed by atoms with E-state index in [0.717, 1.165) is 67.7 Å². The Balaban J connectivity index is 1.54. The Hall–Kier alpha value is -0.900. The number of hydrogen-bond acceptors (Lipinski definition) is 5. The van der Waals surface area contributed by atoms with Gasteiger partial charge in [0.15, 0.2) is 0 Å². The molecule has 3 aliphatic heterocycles. The van der Waals surface area contributed by atoms with E-state index in [2.05, 4.69) is 5.10 Å². The van der Waals surface area contributed by atoms with Gasteiger partial charge in [-0.2, -0.15) is 33.9 Å². The van der Waals surface area contributed by atoms with Crippen LogP contribution in [0.1, 0.15) is 49.8 Å². The minimum atomic E-state index is -3.46. The highest BCUT2D eigenvalue weighted by molar-refractivity contribution is 7.98. The third-order valence-corrected chi connectivity index (χ3v) is 8.90. The molecular weight excluding hydrogens is 384 g/mol. The average Bonchev–Trinajstić information content (AvgIpc) is 2.95. The first kappa shape index (κ1) is 19.4. The van der Waals surface area contributed by atoms with Crippen molar-refractivity contribution in [2.45, 2.75) is 63.3 Å². The number of thioether (sulfide) groups is 1. The van der Waals surface area contributed by atoms with Crippen LogP contribution in [-0.2, 0) is 28.9 Å². The van der Waals surface area contributed by atoms with Gasteiger partial charge in [0.05, 0.1) is 12.2 Å². The summed E-state index contributed by atoms with van der Waals surface area (Å²) in [5.41, 5.74) is 1.91. The summed E-state index contributed by atoms with van der Waals surface area (Å²) in [7, 11) is -3.46. The molecule has 9 heteroatoms. The molecule has 27 heavy (non-hydrogen) atoms. The molecule has 0 bridgehead atoms. The first-order chi connectivity index (χ1) is 13.1. The van der Waals surface area contributed by atoms with E-state index in [1.807, 2.05) is 11.8 Å². The van der Waals surface area contributed by atoms with Gasteiger partial charge in [0.1, 0.15) is 0 Å². The summed E-state index contributed by atoms with van der Waals surface area (Å²) in [5, 5.41) is 4.58. The summed E-state index contributed by atoms with van der Waals surface area (Å²) in [6, 6.07) is 1.51. The monoisotopic (exact) mass is 412 g/mol.